The molecule has 3 rings (SSSR count). The maximum atomic E-state index is 5.58. The van der Waals surface area contributed by atoms with Crippen LogP contribution in [-0.2, 0) is 6.54 Å². The van der Waals surface area contributed by atoms with Gasteiger partial charge in [0.1, 0.15) is 12.4 Å². The summed E-state index contributed by atoms with van der Waals surface area (Å²) >= 11 is 0. The average Bonchev–Trinajstić information content (AvgIpc) is 2.40. The first kappa shape index (κ1) is 10.9. The number of nitrogens with one attached hydrogen (secondary N) is 2. The summed E-state index contributed by atoms with van der Waals surface area (Å²) in [6, 6.07) is 6.48. The fourth-order valence-corrected chi connectivity index (χ4v) is 2.41. The monoisotopic (exact) mass is 233 g/mol. The van der Waals surface area contributed by atoms with Gasteiger partial charge in [0.2, 0.25) is 0 Å². The molecule has 2 aliphatic rings. The maximum absolute atomic E-state index is 5.58. The minimum absolute atomic E-state index is 0.768. The lowest BCUT2D eigenvalue weighted by Crippen LogP contribution is -2.42. The molecule has 0 atom stereocenters. The Kier molecular flexibility index (Phi) is 3.16. The highest BCUT2D eigenvalue weighted by atomic mass is 16.5. The summed E-state index contributed by atoms with van der Waals surface area (Å²) in [4.78, 5) is 2.49. The molecule has 0 amide bonds. The van der Waals surface area contributed by atoms with Gasteiger partial charge in [-0.25, -0.2) is 0 Å². The number of rotatable bonds is 2. The first-order valence-electron chi connectivity index (χ1n) is 6.34. The van der Waals surface area contributed by atoms with Gasteiger partial charge < -0.3 is 15.4 Å². The molecule has 4 heteroatoms. The van der Waals surface area contributed by atoms with Crippen molar-refractivity contribution >= 4 is 5.69 Å². The van der Waals surface area contributed by atoms with Crippen molar-refractivity contribution in [1.29, 1.82) is 0 Å². The third-order valence-electron chi connectivity index (χ3n) is 3.33. The first-order chi connectivity index (χ1) is 8.42. The Morgan fingerprint density at radius 3 is 2.94 bits per heavy atom. The molecule has 0 radical (unpaired) electrons. The highest BCUT2D eigenvalue weighted by Crippen LogP contribution is 2.28. The van der Waals surface area contributed by atoms with Crippen LogP contribution >= 0.6 is 0 Å². The molecule has 0 aliphatic carbocycles. The normalized spacial score (nSPS) is 20.2. The van der Waals surface area contributed by atoms with Crippen molar-refractivity contribution in [2.24, 2.45) is 0 Å². The van der Waals surface area contributed by atoms with Gasteiger partial charge in [0.15, 0.2) is 0 Å². The quantitative estimate of drug-likeness (QED) is 0.795. The molecule has 17 heavy (non-hydrogen) atoms. The van der Waals surface area contributed by atoms with Gasteiger partial charge in [-0.15, -0.1) is 0 Å². The second kappa shape index (κ2) is 4.94. The molecule has 0 spiro atoms. The highest BCUT2D eigenvalue weighted by molar-refractivity contribution is 5.59. The summed E-state index contributed by atoms with van der Waals surface area (Å²) in [5.74, 6) is 0.986. The summed E-state index contributed by atoms with van der Waals surface area (Å²) in [5, 5.41) is 6.76. The van der Waals surface area contributed by atoms with E-state index < -0.39 is 0 Å². The minimum atomic E-state index is 0.768. The number of anilines is 1. The summed E-state index contributed by atoms with van der Waals surface area (Å²) in [5.41, 5.74) is 2.51. The molecule has 2 N–H and O–H groups in total. The predicted molar refractivity (Wildman–Crippen MR) is 68.6 cm³/mol. The van der Waals surface area contributed by atoms with Gasteiger partial charge in [-0.1, -0.05) is 6.07 Å². The summed E-state index contributed by atoms with van der Waals surface area (Å²) in [6.07, 6.45) is 0. The first-order valence-corrected chi connectivity index (χ1v) is 6.34. The van der Waals surface area contributed by atoms with Crippen molar-refractivity contribution in [3.05, 3.63) is 23.8 Å². The van der Waals surface area contributed by atoms with Crippen molar-refractivity contribution in [3.8, 4) is 5.75 Å². The molecular weight excluding hydrogens is 214 g/mol. The van der Waals surface area contributed by atoms with Crippen LogP contribution in [0.15, 0.2) is 18.2 Å². The van der Waals surface area contributed by atoms with E-state index in [9.17, 15) is 0 Å². The maximum Gasteiger partial charge on any atom is 0.142 e. The van der Waals surface area contributed by atoms with E-state index in [1.165, 1.54) is 5.56 Å². The smallest absolute Gasteiger partial charge is 0.142 e. The van der Waals surface area contributed by atoms with Crippen LogP contribution in [0.25, 0.3) is 0 Å². The van der Waals surface area contributed by atoms with Crippen molar-refractivity contribution in [1.82, 2.24) is 10.2 Å². The number of nitrogens with zero attached hydrogens (tertiary/aromatic N) is 1. The van der Waals surface area contributed by atoms with E-state index in [4.69, 9.17) is 4.74 Å². The zero-order valence-corrected chi connectivity index (χ0v) is 10.0. The van der Waals surface area contributed by atoms with E-state index in [1.807, 2.05) is 0 Å². The van der Waals surface area contributed by atoms with Gasteiger partial charge in [-0.2, -0.15) is 0 Å². The van der Waals surface area contributed by atoms with Crippen LogP contribution in [-0.4, -0.2) is 44.2 Å². The van der Waals surface area contributed by atoms with Crippen LogP contribution in [0.4, 0.5) is 5.69 Å². The van der Waals surface area contributed by atoms with Crippen LogP contribution < -0.4 is 15.4 Å². The van der Waals surface area contributed by atoms with E-state index in [2.05, 4.69) is 33.7 Å². The van der Waals surface area contributed by atoms with Crippen molar-refractivity contribution in [3.63, 3.8) is 0 Å². The van der Waals surface area contributed by atoms with Crippen molar-refractivity contribution < 1.29 is 4.74 Å². The fraction of sp³-hybridized carbons (Fsp3) is 0.538. The SMILES string of the molecule is c1cc2c(cc1CN1CCNCC1)NCCO2. The van der Waals surface area contributed by atoms with E-state index in [1.54, 1.807) is 0 Å². The lowest BCUT2D eigenvalue weighted by atomic mass is 10.1. The molecule has 0 saturated carbocycles. The van der Waals surface area contributed by atoms with Crippen LogP contribution in [0.1, 0.15) is 5.56 Å². The van der Waals surface area contributed by atoms with Gasteiger partial charge in [0.25, 0.3) is 0 Å². The number of benzene rings is 1. The van der Waals surface area contributed by atoms with Gasteiger partial charge >= 0.3 is 0 Å². The molecular formula is C13H19N3O. The Hall–Kier alpha value is -1.26. The third kappa shape index (κ3) is 2.53. The van der Waals surface area contributed by atoms with Gasteiger partial charge in [-0.3, -0.25) is 4.90 Å². The molecule has 1 saturated heterocycles. The molecule has 1 aromatic carbocycles. The van der Waals surface area contributed by atoms with E-state index in [0.29, 0.717) is 0 Å². The highest BCUT2D eigenvalue weighted by Gasteiger charge is 2.13. The Bertz CT molecular complexity index is 388. The zero-order chi connectivity index (χ0) is 11.5. The molecule has 1 aromatic rings. The molecule has 2 aliphatic heterocycles. The number of hydrogen-bond donors (Lipinski definition) is 2. The van der Waals surface area contributed by atoms with Gasteiger partial charge in [0, 0.05) is 39.3 Å². The van der Waals surface area contributed by atoms with E-state index >= 15 is 0 Å². The number of piperazine rings is 1. The largest absolute Gasteiger partial charge is 0.490 e. The molecule has 1 fully saturated rings. The molecule has 0 unspecified atom stereocenters. The number of hydrogen-bond acceptors (Lipinski definition) is 4. The molecule has 0 bridgehead atoms. The summed E-state index contributed by atoms with van der Waals surface area (Å²) < 4.78 is 5.58. The standard InChI is InChI=1S/C13H19N3O/c1-2-13-12(15-5-8-17-13)9-11(1)10-16-6-3-14-4-7-16/h1-2,9,14-15H,3-8,10H2. The third-order valence-corrected chi connectivity index (χ3v) is 3.33. The lowest BCUT2D eigenvalue weighted by Gasteiger charge is -2.28. The number of ether oxygens (including phenoxy) is 1. The van der Waals surface area contributed by atoms with E-state index in [0.717, 1.165) is 57.3 Å². The Morgan fingerprint density at radius 1 is 1.18 bits per heavy atom. The topological polar surface area (TPSA) is 36.5 Å². The van der Waals surface area contributed by atoms with E-state index in [-0.39, 0.29) is 0 Å². The predicted octanol–water partition coefficient (Wildman–Crippen LogP) is 0.896. The Balaban J connectivity index is 1.70. The Labute approximate surface area is 102 Å². The van der Waals surface area contributed by atoms with Crippen molar-refractivity contribution in [2.45, 2.75) is 6.54 Å². The fourth-order valence-electron chi connectivity index (χ4n) is 2.41. The second-order valence-corrected chi connectivity index (χ2v) is 4.63. The van der Waals surface area contributed by atoms with Gasteiger partial charge in [-0.05, 0) is 17.7 Å². The minimum Gasteiger partial charge on any atom is -0.490 e. The lowest BCUT2D eigenvalue weighted by molar-refractivity contribution is 0.233. The van der Waals surface area contributed by atoms with Crippen LogP contribution in [0.5, 0.6) is 5.75 Å². The zero-order valence-electron chi connectivity index (χ0n) is 10.0. The number of fused-ring (bicyclic) bond motifs is 1. The van der Waals surface area contributed by atoms with Crippen LogP contribution in [0.2, 0.25) is 0 Å². The Morgan fingerprint density at radius 2 is 2.06 bits per heavy atom. The molecule has 2 heterocycles. The van der Waals surface area contributed by atoms with Crippen LogP contribution in [0.3, 0.4) is 0 Å². The van der Waals surface area contributed by atoms with Crippen LogP contribution in [0, 0.1) is 0 Å². The molecule has 0 aromatic heterocycles. The summed E-state index contributed by atoms with van der Waals surface area (Å²) in [6.45, 7) is 7.20. The second-order valence-electron chi connectivity index (χ2n) is 4.63. The molecule has 4 nitrogen and oxygen atoms in total. The summed E-state index contributed by atoms with van der Waals surface area (Å²) in [7, 11) is 0. The molecule has 92 valence electrons. The van der Waals surface area contributed by atoms with Crippen molar-refractivity contribution in [2.75, 3.05) is 44.6 Å². The van der Waals surface area contributed by atoms with Gasteiger partial charge in [0.05, 0.1) is 5.69 Å². The average molecular weight is 233 g/mol.